The Balaban J connectivity index is 1.44. The first-order valence-corrected chi connectivity index (χ1v) is 9.29. The molecule has 0 atom stereocenters. The molecule has 0 saturated carbocycles. The van der Waals surface area contributed by atoms with Crippen LogP contribution in [0.2, 0.25) is 0 Å². The fourth-order valence-electron chi connectivity index (χ4n) is 3.16. The Morgan fingerprint density at radius 3 is 2.57 bits per heavy atom. The number of hydrogen-bond acceptors (Lipinski definition) is 3. The molecule has 1 N–H and O–H groups in total. The van der Waals surface area contributed by atoms with Crippen LogP contribution in [0.3, 0.4) is 0 Å². The minimum Gasteiger partial charge on any atom is -0.348 e. The van der Waals surface area contributed by atoms with Crippen LogP contribution in [0.4, 0.5) is 8.78 Å². The van der Waals surface area contributed by atoms with E-state index < -0.39 is 11.7 Å². The fraction of sp³-hybridized carbons (Fsp3) is 0.0870. The third kappa shape index (κ3) is 4.10. The molecule has 0 unspecified atom stereocenters. The lowest BCUT2D eigenvalue weighted by atomic mass is 9.98. The predicted octanol–water partition coefficient (Wildman–Crippen LogP) is 4.45. The molecule has 2 aromatic heterocycles. The zero-order valence-corrected chi connectivity index (χ0v) is 16.1. The maximum absolute atomic E-state index is 14.6. The number of aryl methyl sites for hydroxylation is 1. The van der Waals surface area contributed by atoms with E-state index in [1.54, 1.807) is 42.5 Å². The topological polar surface area (TPSA) is 59.8 Å². The number of nitrogens with one attached hydrogen (secondary N) is 1. The molecule has 0 radical (unpaired) electrons. The predicted molar refractivity (Wildman–Crippen MR) is 109 cm³/mol. The van der Waals surface area contributed by atoms with Crippen molar-refractivity contribution in [3.63, 3.8) is 0 Å². The summed E-state index contributed by atoms with van der Waals surface area (Å²) in [5.74, 6) is -0.588. The van der Waals surface area contributed by atoms with Gasteiger partial charge in [0.25, 0.3) is 5.91 Å². The van der Waals surface area contributed by atoms with E-state index in [4.69, 9.17) is 0 Å². The SMILES string of the molecule is Cc1cc(F)ccc1-c1ccc(C(=O)NCc2ccc(-n3ccnc3)nc2)cc1F. The molecule has 0 aliphatic carbocycles. The average Bonchev–Trinajstić information content (AvgIpc) is 3.28. The summed E-state index contributed by atoms with van der Waals surface area (Å²) in [5, 5.41) is 2.76. The van der Waals surface area contributed by atoms with Gasteiger partial charge in [-0.15, -0.1) is 0 Å². The minimum atomic E-state index is -0.538. The normalized spacial score (nSPS) is 10.8. The monoisotopic (exact) mass is 404 g/mol. The smallest absolute Gasteiger partial charge is 0.251 e. The lowest BCUT2D eigenvalue weighted by Crippen LogP contribution is -2.23. The van der Waals surface area contributed by atoms with Crippen LogP contribution in [0, 0.1) is 18.6 Å². The highest BCUT2D eigenvalue weighted by atomic mass is 19.1. The highest BCUT2D eigenvalue weighted by Crippen LogP contribution is 2.27. The molecule has 0 spiro atoms. The van der Waals surface area contributed by atoms with Gasteiger partial charge in [0.1, 0.15) is 23.8 Å². The Bertz CT molecular complexity index is 1190. The molecule has 0 aliphatic heterocycles. The Labute approximate surface area is 172 Å². The van der Waals surface area contributed by atoms with Crippen LogP contribution < -0.4 is 5.32 Å². The highest BCUT2D eigenvalue weighted by Gasteiger charge is 2.13. The first-order valence-electron chi connectivity index (χ1n) is 9.29. The third-order valence-electron chi connectivity index (χ3n) is 4.74. The second-order valence-electron chi connectivity index (χ2n) is 6.83. The van der Waals surface area contributed by atoms with Gasteiger partial charge in [-0.2, -0.15) is 0 Å². The number of rotatable bonds is 5. The Morgan fingerprint density at radius 1 is 1.07 bits per heavy atom. The molecule has 4 aromatic rings. The van der Waals surface area contributed by atoms with Crippen molar-refractivity contribution in [2.75, 3.05) is 0 Å². The molecule has 0 aliphatic rings. The number of amides is 1. The summed E-state index contributed by atoms with van der Waals surface area (Å²) < 4.78 is 29.7. The molecule has 7 heteroatoms. The second kappa shape index (κ2) is 8.24. The molecule has 4 rings (SSSR count). The van der Waals surface area contributed by atoms with E-state index in [2.05, 4.69) is 15.3 Å². The lowest BCUT2D eigenvalue weighted by Gasteiger charge is -2.10. The second-order valence-corrected chi connectivity index (χ2v) is 6.83. The average molecular weight is 404 g/mol. The van der Waals surface area contributed by atoms with Crippen LogP contribution in [0.15, 0.2) is 73.4 Å². The summed E-state index contributed by atoms with van der Waals surface area (Å²) in [4.78, 5) is 20.7. The largest absolute Gasteiger partial charge is 0.348 e. The van der Waals surface area contributed by atoms with E-state index in [0.717, 1.165) is 11.4 Å². The molecule has 2 aromatic carbocycles. The summed E-state index contributed by atoms with van der Waals surface area (Å²) in [6.45, 7) is 1.97. The molecule has 150 valence electrons. The number of imidazole rings is 1. The van der Waals surface area contributed by atoms with Crippen LogP contribution in [-0.2, 0) is 6.54 Å². The van der Waals surface area contributed by atoms with Crippen molar-refractivity contribution in [1.82, 2.24) is 19.9 Å². The van der Waals surface area contributed by atoms with Crippen LogP contribution in [0.1, 0.15) is 21.5 Å². The maximum Gasteiger partial charge on any atom is 0.251 e. The summed E-state index contributed by atoms with van der Waals surface area (Å²) in [5.41, 5.74) is 2.55. The molecule has 0 bridgehead atoms. The molecule has 1 amide bonds. The molecule has 0 fully saturated rings. The van der Waals surface area contributed by atoms with Gasteiger partial charge in [-0.25, -0.2) is 18.7 Å². The van der Waals surface area contributed by atoms with Crippen molar-refractivity contribution >= 4 is 5.91 Å². The van der Waals surface area contributed by atoms with Gasteiger partial charge in [-0.05, 0) is 53.9 Å². The van der Waals surface area contributed by atoms with Gasteiger partial charge in [0.05, 0.1) is 0 Å². The van der Waals surface area contributed by atoms with E-state index in [9.17, 15) is 13.6 Å². The summed E-state index contributed by atoms with van der Waals surface area (Å²) in [6.07, 6.45) is 6.76. The van der Waals surface area contributed by atoms with Crippen molar-refractivity contribution < 1.29 is 13.6 Å². The Hall–Kier alpha value is -3.87. The van der Waals surface area contributed by atoms with Gasteiger partial charge >= 0.3 is 0 Å². The van der Waals surface area contributed by atoms with E-state index >= 15 is 0 Å². The van der Waals surface area contributed by atoms with Gasteiger partial charge in [0.15, 0.2) is 0 Å². The highest BCUT2D eigenvalue weighted by molar-refractivity contribution is 5.94. The van der Waals surface area contributed by atoms with Gasteiger partial charge in [-0.3, -0.25) is 9.36 Å². The van der Waals surface area contributed by atoms with Gasteiger partial charge < -0.3 is 5.32 Å². The fourth-order valence-corrected chi connectivity index (χ4v) is 3.16. The number of hydrogen-bond donors (Lipinski definition) is 1. The van der Waals surface area contributed by atoms with Gasteiger partial charge in [-0.1, -0.05) is 18.2 Å². The van der Waals surface area contributed by atoms with Crippen molar-refractivity contribution in [2.24, 2.45) is 0 Å². The molecule has 5 nitrogen and oxygen atoms in total. The zero-order valence-electron chi connectivity index (χ0n) is 16.1. The van der Waals surface area contributed by atoms with Crippen LogP contribution in [0.5, 0.6) is 0 Å². The number of aromatic nitrogens is 3. The first kappa shape index (κ1) is 19.4. The third-order valence-corrected chi connectivity index (χ3v) is 4.74. The van der Waals surface area contributed by atoms with Crippen LogP contribution >= 0.6 is 0 Å². The number of halogens is 2. The van der Waals surface area contributed by atoms with Crippen molar-refractivity contribution in [3.8, 4) is 16.9 Å². The number of pyridine rings is 1. The van der Waals surface area contributed by atoms with Crippen molar-refractivity contribution in [1.29, 1.82) is 0 Å². The van der Waals surface area contributed by atoms with Crippen LogP contribution in [-0.4, -0.2) is 20.4 Å². The number of carbonyl (C=O) groups is 1. The number of nitrogens with zero attached hydrogens (tertiary/aromatic N) is 3. The molecular weight excluding hydrogens is 386 g/mol. The Kier molecular flexibility index (Phi) is 5.34. The summed E-state index contributed by atoms with van der Waals surface area (Å²) in [7, 11) is 0. The standard InChI is InChI=1S/C23H18F2N4O/c1-15-10-18(24)4-6-19(15)20-5-3-17(11-21(20)25)23(30)28-13-16-2-7-22(27-12-16)29-9-8-26-14-29/h2-12,14H,13H2,1H3,(H,28,30). The molecular formula is C23H18F2N4O. The lowest BCUT2D eigenvalue weighted by molar-refractivity contribution is 0.0950. The molecule has 2 heterocycles. The van der Waals surface area contributed by atoms with E-state index in [-0.39, 0.29) is 17.9 Å². The van der Waals surface area contributed by atoms with E-state index in [0.29, 0.717) is 16.7 Å². The van der Waals surface area contributed by atoms with E-state index in [1.165, 1.54) is 30.3 Å². The van der Waals surface area contributed by atoms with Gasteiger partial charge in [0.2, 0.25) is 0 Å². The first-order chi connectivity index (χ1) is 14.5. The van der Waals surface area contributed by atoms with Crippen molar-refractivity contribution in [2.45, 2.75) is 13.5 Å². The maximum atomic E-state index is 14.6. The quantitative estimate of drug-likeness (QED) is 0.535. The summed E-state index contributed by atoms with van der Waals surface area (Å²) in [6, 6.07) is 12.1. The summed E-state index contributed by atoms with van der Waals surface area (Å²) >= 11 is 0. The van der Waals surface area contributed by atoms with Crippen molar-refractivity contribution in [3.05, 3.63) is 102 Å². The van der Waals surface area contributed by atoms with E-state index in [1.807, 2.05) is 12.1 Å². The number of carbonyl (C=O) groups excluding carboxylic acids is 1. The van der Waals surface area contributed by atoms with Gasteiger partial charge in [0, 0.05) is 36.3 Å². The Morgan fingerprint density at radius 2 is 1.90 bits per heavy atom. The number of benzene rings is 2. The zero-order chi connectivity index (χ0) is 21.1. The molecule has 30 heavy (non-hydrogen) atoms. The minimum absolute atomic E-state index is 0.207. The van der Waals surface area contributed by atoms with Crippen LogP contribution in [0.25, 0.3) is 16.9 Å². The molecule has 0 saturated heterocycles.